The molecule has 0 spiro atoms. The van der Waals surface area contributed by atoms with Crippen LogP contribution in [0.4, 0.5) is 5.69 Å². The van der Waals surface area contributed by atoms with Gasteiger partial charge < -0.3 is 19.9 Å². The maximum absolute atomic E-state index is 12.5. The van der Waals surface area contributed by atoms with E-state index in [2.05, 4.69) is 25.5 Å². The molecule has 0 bridgehead atoms. The number of amides is 1. The molecule has 3 heterocycles. The summed E-state index contributed by atoms with van der Waals surface area (Å²) in [4.78, 5) is 21.1. The number of hydrogen-bond donors (Lipinski definition) is 1. The van der Waals surface area contributed by atoms with Crippen LogP contribution in [0.2, 0.25) is 0 Å². The molecule has 1 amide bonds. The van der Waals surface area contributed by atoms with Gasteiger partial charge in [-0.1, -0.05) is 23.9 Å². The van der Waals surface area contributed by atoms with Crippen LogP contribution in [0.1, 0.15) is 0 Å². The van der Waals surface area contributed by atoms with E-state index in [1.807, 2.05) is 31.3 Å². The molecular weight excluding hydrogens is 312 g/mol. The second-order valence-electron chi connectivity index (χ2n) is 5.72. The number of hydrogen-bond acceptors (Lipinski definition) is 6. The first-order valence-corrected chi connectivity index (χ1v) is 8.52. The number of anilines is 1. The van der Waals surface area contributed by atoms with Crippen LogP contribution >= 0.6 is 11.8 Å². The predicted molar refractivity (Wildman–Crippen MR) is 91.8 cm³/mol. The third-order valence-corrected chi connectivity index (χ3v) is 5.12. The summed E-state index contributed by atoms with van der Waals surface area (Å²) >= 11 is 1.62. The highest BCUT2D eigenvalue weighted by Gasteiger charge is 2.30. The summed E-state index contributed by atoms with van der Waals surface area (Å²) in [6.45, 7) is 2.80. The number of benzene rings is 1. The third-order valence-electron chi connectivity index (χ3n) is 4.17. The van der Waals surface area contributed by atoms with Crippen molar-refractivity contribution in [3.8, 4) is 5.75 Å². The Morgan fingerprint density at radius 1 is 1.48 bits per heavy atom. The number of rotatable bonds is 3. The molecule has 23 heavy (non-hydrogen) atoms. The average Bonchev–Trinajstić information content (AvgIpc) is 3.16. The normalized spacial score (nSPS) is 22.0. The van der Waals surface area contributed by atoms with Crippen molar-refractivity contribution in [3.63, 3.8) is 0 Å². The maximum atomic E-state index is 12.5. The van der Waals surface area contributed by atoms with Crippen molar-refractivity contribution in [3.05, 3.63) is 35.4 Å². The van der Waals surface area contributed by atoms with E-state index < -0.39 is 6.10 Å². The Hall–Kier alpha value is -2.15. The molecule has 4 rings (SSSR count). The van der Waals surface area contributed by atoms with Crippen LogP contribution < -0.4 is 15.0 Å². The van der Waals surface area contributed by atoms with Gasteiger partial charge in [0.25, 0.3) is 5.91 Å². The molecule has 0 saturated heterocycles. The number of ether oxygens (including phenoxy) is 1. The van der Waals surface area contributed by atoms with Crippen LogP contribution in [0.5, 0.6) is 5.75 Å². The Kier molecular flexibility index (Phi) is 3.65. The number of nitrogens with zero attached hydrogens (tertiary/aromatic N) is 3. The molecule has 0 aromatic heterocycles. The van der Waals surface area contributed by atoms with Crippen molar-refractivity contribution in [2.24, 2.45) is 4.99 Å². The first-order chi connectivity index (χ1) is 11.2. The third kappa shape index (κ3) is 2.65. The summed E-state index contributed by atoms with van der Waals surface area (Å²) in [5.41, 5.74) is 2.12. The number of carbonyl (C=O) groups is 1. The van der Waals surface area contributed by atoms with Crippen LogP contribution in [0, 0.1) is 0 Å². The van der Waals surface area contributed by atoms with Gasteiger partial charge in [-0.2, -0.15) is 0 Å². The molecule has 1 aromatic carbocycles. The molecule has 120 valence electrons. The van der Waals surface area contributed by atoms with Crippen LogP contribution in [0.25, 0.3) is 0 Å². The van der Waals surface area contributed by atoms with Gasteiger partial charge in [0.05, 0.1) is 25.3 Å². The molecule has 3 aliphatic rings. The number of para-hydroxylation sites is 2. The summed E-state index contributed by atoms with van der Waals surface area (Å²) < 4.78 is 5.85. The standard InChI is InChI=1S/C16H18N4O2S/c1-19-9-14(22-13-5-3-2-4-12(13)19)15(21)18-8-11-10-23-16-17-6-7-20(11)16/h2-5,10,14H,6-9H2,1H3,(H,18,21). The molecule has 0 radical (unpaired) electrons. The van der Waals surface area contributed by atoms with E-state index in [1.54, 1.807) is 11.8 Å². The van der Waals surface area contributed by atoms with E-state index >= 15 is 0 Å². The van der Waals surface area contributed by atoms with Crippen LogP contribution in [0.15, 0.2) is 40.4 Å². The number of likely N-dealkylation sites (N-methyl/N-ethyl adjacent to an activating group) is 1. The van der Waals surface area contributed by atoms with Crippen molar-refractivity contribution in [2.45, 2.75) is 6.10 Å². The zero-order valence-electron chi connectivity index (χ0n) is 12.9. The number of nitrogens with one attached hydrogen (secondary N) is 1. The van der Waals surface area contributed by atoms with Gasteiger partial charge in [0.2, 0.25) is 0 Å². The van der Waals surface area contributed by atoms with Gasteiger partial charge in [-0.25, -0.2) is 0 Å². The molecule has 1 atom stereocenters. The second kappa shape index (κ2) is 5.81. The fourth-order valence-corrected chi connectivity index (χ4v) is 3.91. The van der Waals surface area contributed by atoms with E-state index in [0.29, 0.717) is 13.1 Å². The Labute approximate surface area is 139 Å². The Bertz CT molecular complexity index is 703. The lowest BCUT2D eigenvalue weighted by molar-refractivity contribution is -0.127. The van der Waals surface area contributed by atoms with Crippen LogP contribution in [-0.4, -0.2) is 55.3 Å². The van der Waals surface area contributed by atoms with Crippen molar-refractivity contribution in [1.82, 2.24) is 10.2 Å². The zero-order chi connectivity index (χ0) is 15.8. The highest BCUT2D eigenvalue weighted by atomic mass is 32.2. The first kappa shape index (κ1) is 14.4. The van der Waals surface area contributed by atoms with Gasteiger partial charge in [-0.15, -0.1) is 0 Å². The van der Waals surface area contributed by atoms with E-state index in [-0.39, 0.29) is 5.91 Å². The summed E-state index contributed by atoms with van der Waals surface area (Å²) in [5.74, 6) is 0.674. The number of amidine groups is 1. The SMILES string of the molecule is CN1CC(C(=O)NCC2=CSC3=NCCN23)Oc2ccccc21. The molecule has 1 aromatic rings. The first-order valence-electron chi connectivity index (χ1n) is 7.64. The fraction of sp³-hybridized carbons (Fsp3) is 0.375. The van der Waals surface area contributed by atoms with Crippen molar-refractivity contribution < 1.29 is 9.53 Å². The smallest absolute Gasteiger partial charge is 0.263 e. The molecule has 1 N–H and O–H groups in total. The minimum Gasteiger partial charge on any atom is -0.477 e. The van der Waals surface area contributed by atoms with Gasteiger partial charge in [-0.05, 0) is 12.1 Å². The van der Waals surface area contributed by atoms with Crippen LogP contribution in [-0.2, 0) is 4.79 Å². The van der Waals surface area contributed by atoms with Gasteiger partial charge >= 0.3 is 0 Å². The average molecular weight is 330 g/mol. The van der Waals surface area contributed by atoms with Gasteiger partial charge in [0.15, 0.2) is 11.3 Å². The van der Waals surface area contributed by atoms with Gasteiger partial charge in [0.1, 0.15) is 5.75 Å². The number of aliphatic imine (C=N–C) groups is 1. The number of fused-ring (bicyclic) bond motifs is 2. The van der Waals surface area contributed by atoms with E-state index in [0.717, 1.165) is 35.4 Å². The number of carbonyl (C=O) groups excluding carboxylic acids is 1. The van der Waals surface area contributed by atoms with Crippen LogP contribution in [0.3, 0.4) is 0 Å². The minimum absolute atomic E-state index is 0.0816. The van der Waals surface area contributed by atoms with Crippen molar-refractivity contribution in [2.75, 3.05) is 38.1 Å². The molecule has 0 fully saturated rings. The molecule has 0 saturated carbocycles. The Balaban J connectivity index is 1.38. The zero-order valence-corrected chi connectivity index (χ0v) is 13.7. The molecular formula is C16H18N4O2S. The van der Waals surface area contributed by atoms with Gasteiger partial charge in [0, 0.05) is 24.7 Å². The molecule has 1 unspecified atom stereocenters. The minimum atomic E-state index is -0.490. The Morgan fingerprint density at radius 2 is 2.35 bits per heavy atom. The van der Waals surface area contributed by atoms with E-state index in [9.17, 15) is 4.79 Å². The Morgan fingerprint density at radius 3 is 3.26 bits per heavy atom. The topological polar surface area (TPSA) is 57.2 Å². The molecule has 7 heteroatoms. The highest BCUT2D eigenvalue weighted by molar-refractivity contribution is 8.16. The molecule has 3 aliphatic heterocycles. The lowest BCUT2D eigenvalue weighted by atomic mass is 10.2. The largest absolute Gasteiger partial charge is 0.477 e. The maximum Gasteiger partial charge on any atom is 0.263 e. The quantitative estimate of drug-likeness (QED) is 0.904. The summed E-state index contributed by atoms with van der Waals surface area (Å²) in [6.07, 6.45) is -0.490. The van der Waals surface area contributed by atoms with Gasteiger partial charge in [-0.3, -0.25) is 9.79 Å². The summed E-state index contributed by atoms with van der Waals surface area (Å²) in [6, 6.07) is 7.78. The number of thioether (sulfide) groups is 1. The monoisotopic (exact) mass is 330 g/mol. The van der Waals surface area contributed by atoms with E-state index in [4.69, 9.17) is 4.74 Å². The van der Waals surface area contributed by atoms with Crippen molar-refractivity contribution >= 4 is 28.5 Å². The highest BCUT2D eigenvalue weighted by Crippen LogP contribution is 2.32. The predicted octanol–water partition coefficient (Wildman–Crippen LogP) is 1.26. The lowest BCUT2D eigenvalue weighted by Gasteiger charge is -2.33. The molecule has 6 nitrogen and oxygen atoms in total. The lowest BCUT2D eigenvalue weighted by Crippen LogP contribution is -2.48. The molecule has 0 aliphatic carbocycles. The van der Waals surface area contributed by atoms with Crippen molar-refractivity contribution in [1.29, 1.82) is 0 Å². The summed E-state index contributed by atoms with van der Waals surface area (Å²) in [5, 5.41) is 6.09. The fourth-order valence-electron chi connectivity index (χ4n) is 2.95. The summed E-state index contributed by atoms with van der Waals surface area (Å²) in [7, 11) is 1.98. The second-order valence-corrected chi connectivity index (χ2v) is 6.55. The van der Waals surface area contributed by atoms with E-state index in [1.165, 1.54) is 0 Å².